The summed E-state index contributed by atoms with van der Waals surface area (Å²) in [5, 5.41) is 0. The van der Waals surface area contributed by atoms with E-state index < -0.39 is 18.0 Å². The van der Waals surface area contributed by atoms with E-state index in [2.05, 4.69) is 41.6 Å². The van der Waals surface area contributed by atoms with Gasteiger partial charge in [0.15, 0.2) is 22.9 Å². The molecule has 49 heavy (non-hydrogen) atoms. The van der Waals surface area contributed by atoms with E-state index in [4.69, 9.17) is 18.9 Å². The number of esters is 2. The van der Waals surface area contributed by atoms with Crippen LogP contribution in [0.3, 0.4) is 0 Å². The number of benzene rings is 3. The molecule has 3 aromatic carbocycles. The van der Waals surface area contributed by atoms with Crippen LogP contribution in [0.2, 0.25) is 0 Å². The fourth-order valence-corrected chi connectivity index (χ4v) is 7.57. The van der Waals surface area contributed by atoms with Gasteiger partial charge in [-0.15, -0.1) is 0 Å². The van der Waals surface area contributed by atoms with Crippen molar-refractivity contribution in [2.75, 3.05) is 26.9 Å². The molecule has 1 aromatic heterocycles. The Morgan fingerprint density at radius 2 is 1.69 bits per heavy atom. The number of hydrogen-bond acceptors (Lipinski definition) is 10. The Morgan fingerprint density at radius 3 is 2.35 bits per heavy atom. The van der Waals surface area contributed by atoms with Gasteiger partial charge >= 0.3 is 11.9 Å². The van der Waals surface area contributed by atoms with E-state index in [1.54, 1.807) is 57.2 Å². The monoisotopic (exact) mass is 816 g/mol. The summed E-state index contributed by atoms with van der Waals surface area (Å²) in [4.78, 5) is 44.3. The number of fused-ring (bicyclic) bond motifs is 1. The summed E-state index contributed by atoms with van der Waals surface area (Å²) >= 11 is 8.32. The Bertz CT molecular complexity index is 2090. The molecule has 0 spiro atoms. The molecule has 0 saturated heterocycles. The summed E-state index contributed by atoms with van der Waals surface area (Å²) in [6, 6.07) is 13.8. The van der Waals surface area contributed by atoms with Gasteiger partial charge in [-0.05, 0) is 112 Å². The first-order chi connectivity index (χ1) is 23.5. The number of aromatic nitrogens is 1. The molecule has 0 unspecified atom stereocenters. The van der Waals surface area contributed by atoms with Crippen LogP contribution < -0.4 is 29.1 Å². The second kappa shape index (κ2) is 16.0. The van der Waals surface area contributed by atoms with Gasteiger partial charge in [0.05, 0.1) is 51.1 Å². The van der Waals surface area contributed by atoms with Gasteiger partial charge in [-0.2, -0.15) is 0 Å². The summed E-state index contributed by atoms with van der Waals surface area (Å²) < 4.78 is 44.0. The minimum absolute atomic E-state index is 0.130. The Labute approximate surface area is 301 Å². The quantitative estimate of drug-likeness (QED) is 0.160. The number of nitrogens with zero attached hydrogens (tertiary/aromatic N) is 2. The van der Waals surface area contributed by atoms with Crippen molar-refractivity contribution in [2.45, 2.75) is 33.4 Å². The van der Waals surface area contributed by atoms with Gasteiger partial charge < -0.3 is 23.7 Å². The van der Waals surface area contributed by atoms with Crippen LogP contribution in [-0.4, -0.2) is 43.4 Å². The van der Waals surface area contributed by atoms with Crippen molar-refractivity contribution in [1.82, 2.24) is 4.57 Å². The van der Waals surface area contributed by atoms with Crippen molar-refractivity contribution >= 4 is 61.2 Å². The van der Waals surface area contributed by atoms with Gasteiger partial charge in [0.2, 0.25) is 0 Å². The van der Waals surface area contributed by atoms with E-state index in [-0.39, 0.29) is 36.8 Å². The van der Waals surface area contributed by atoms with Crippen LogP contribution in [0, 0.1) is 5.82 Å². The first kappa shape index (κ1) is 36.0. The predicted octanol–water partition coefficient (Wildman–Crippen LogP) is 5.99. The first-order valence-electron chi connectivity index (χ1n) is 15.1. The van der Waals surface area contributed by atoms with Gasteiger partial charge in [0.25, 0.3) is 5.56 Å². The fourth-order valence-electron chi connectivity index (χ4n) is 5.07. The van der Waals surface area contributed by atoms with Gasteiger partial charge in [0, 0.05) is 0 Å². The minimum Gasteiger partial charge on any atom is -0.490 e. The van der Waals surface area contributed by atoms with Crippen molar-refractivity contribution in [3.05, 3.63) is 117 Å². The maximum absolute atomic E-state index is 14.2. The highest BCUT2D eigenvalue weighted by Gasteiger charge is 2.34. The van der Waals surface area contributed by atoms with E-state index in [0.717, 1.165) is 5.56 Å². The molecule has 0 aliphatic carbocycles. The Balaban J connectivity index is 1.56. The molecule has 0 N–H and O–H groups in total. The summed E-state index contributed by atoms with van der Waals surface area (Å²) in [6.45, 7) is 5.52. The number of halogens is 3. The van der Waals surface area contributed by atoms with E-state index in [9.17, 15) is 18.8 Å². The molecule has 0 bridgehead atoms. The second-order valence-corrected chi connectivity index (χ2v) is 13.3. The van der Waals surface area contributed by atoms with Crippen LogP contribution in [0.15, 0.2) is 84.6 Å². The molecular formula is C35H31Br2FN2O8S. The lowest BCUT2D eigenvalue weighted by Crippen LogP contribution is -2.40. The first-order valence-corrected chi connectivity index (χ1v) is 17.5. The van der Waals surface area contributed by atoms with Crippen LogP contribution in [0.25, 0.3) is 6.08 Å². The van der Waals surface area contributed by atoms with E-state index >= 15 is 0 Å². The highest BCUT2D eigenvalue weighted by atomic mass is 79.9. The lowest BCUT2D eigenvalue weighted by Gasteiger charge is -2.25. The van der Waals surface area contributed by atoms with E-state index in [1.807, 2.05) is 12.1 Å². The maximum atomic E-state index is 14.2. The maximum Gasteiger partial charge on any atom is 0.343 e. The second-order valence-electron chi connectivity index (χ2n) is 10.5. The average molecular weight is 819 g/mol. The van der Waals surface area contributed by atoms with Crippen LogP contribution in [0.1, 0.15) is 43.5 Å². The zero-order valence-electron chi connectivity index (χ0n) is 26.9. The third-order valence-electron chi connectivity index (χ3n) is 7.29. The van der Waals surface area contributed by atoms with Crippen molar-refractivity contribution in [2.24, 2.45) is 4.99 Å². The molecule has 5 rings (SSSR count). The molecular weight excluding hydrogens is 787 g/mol. The van der Waals surface area contributed by atoms with E-state index in [0.29, 0.717) is 59.0 Å². The van der Waals surface area contributed by atoms with E-state index in [1.165, 1.54) is 35.1 Å². The smallest absolute Gasteiger partial charge is 0.343 e. The highest BCUT2D eigenvalue weighted by Crippen LogP contribution is 2.37. The molecule has 256 valence electrons. The highest BCUT2D eigenvalue weighted by molar-refractivity contribution is 9.11. The van der Waals surface area contributed by atoms with Crippen molar-refractivity contribution in [1.29, 1.82) is 0 Å². The zero-order chi connectivity index (χ0) is 35.2. The Kier molecular flexibility index (Phi) is 11.7. The number of allylic oxidation sites excluding steroid dienone is 1. The summed E-state index contributed by atoms with van der Waals surface area (Å²) in [5.41, 5.74) is 2.30. The summed E-state index contributed by atoms with van der Waals surface area (Å²) in [7, 11) is 1.26. The van der Waals surface area contributed by atoms with Crippen molar-refractivity contribution in [3.8, 4) is 17.2 Å². The Morgan fingerprint density at radius 1 is 0.980 bits per heavy atom. The average Bonchev–Trinajstić information content (AvgIpc) is 3.37. The van der Waals surface area contributed by atoms with Gasteiger partial charge in [-0.3, -0.25) is 9.36 Å². The van der Waals surface area contributed by atoms with Gasteiger partial charge in [-0.25, -0.2) is 19.0 Å². The Hall–Kier alpha value is -4.27. The van der Waals surface area contributed by atoms with Crippen LogP contribution in [0.5, 0.6) is 17.2 Å². The van der Waals surface area contributed by atoms with Gasteiger partial charge in [0.1, 0.15) is 18.2 Å². The third kappa shape index (κ3) is 8.14. The molecule has 1 aliphatic rings. The lowest BCUT2D eigenvalue weighted by molar-refractivity contribution is -0.143. The zero-order valence-corrected chi connectivity index (χ0v) is 30.9. The molecule has 0 amide bonds. The third-order valence-corrected chi connectivity index (χ3v) is 9.45. The molecule has 1 atom stereocenters. The molecule has 14 heteroatoms. The predicted molar refractivity (Wildman–Crippen MR) is 188 cm³/mol. The number of carbonyl (C=O) groups is 2. The molecule has 2 heterocycles. The number of methoxy groups -OCH3 is 1. The van der Waals surface area contributed by atoms with Crippen LogP contribution in [-0.2, 0) is 25.7 Å². The van der Waals surface area contributed by atoms with Crippen molar-refractivity contribution < 1.29 is 37.7 Å². The topological polar surface area (TPSA) is 115 Å². The standard InChI is InChI=1S/C35H31Br2FN2O8S/c1-5-45-27-16-22(9-12-26(27)47-18-29(41)44-4)31-30(34(43)46-6-2)19(3)39-35-40(31)33(42)28(49-35)15-21-13-24(36)32(25(37)14-21)48-17-20-7-10-23(38)11-8-20/h7-16,31H,5-6,17-18H2,1-4H3/b28-15-/t31-/m1/s1. The number of rotatable bonds is 12. The number of hydrogen-bond donors (Lipinski definition) is 0. The summed E-state index contributed by atoms with van der Waals surface area (Å²) in [6.07, 6.45) is 1.74. The van der Waals surface area contributed by atoms with Crippen molar-refractivity contribution in [3.63, 3.8) is 0 Å². The van der Waals surface area contributed by atoms with Gasteiger partial charge in [-0.1, -0.05) is 29.5 Å². The lowest BCUT2D eigenvalue weighted by atomic mass is 9.95. The number of ether oxygens (including phenoxy) is 5. The van der Waals surface area contributed by atoms with Crippen LogP contribution >= 0.6 is 43.2 Å². The molecule has 1 aliphatic heterocycles. The molecule has 0 saturated carbocycles. The normalized spacial score (nSPS) is 14.2. The number of carbonyl (C=O) groups excluding carboxylic acids is 2. The largest absolute Gasteiger partial charge is 0.490 e. The summed E-state index contributed by atoms with van der Waals surface area (Å²) in [5.74, 6) is -0.330. The fraction of sp³-hybridized carbons (Fsp3) is 0.257. The minimum atomic E-state index is -0.896. The molecule has 0 radical (unpaired) electrons. The molecule has 4 aromatic rings. The molecule has 0 fully saturated rings. The SMILES string of the molecule is CCOC(=O)C1=C(C)N=c2s/c(=C\c3cc(Br)c(OCc4ccc(F)cc4)c(Br)c3)c(=O)n2[C@@H]1c1ccc(OCC(=O)OC)c(OCC)c1. The molecule has 10 nitrogen and oxygen atoms in total. The van der Waals surface area contributed by atoms with Crippen LogP contribution in [0.4, 0.5) is 4.39 Å². The number of thiazole rings is 1.